The van der Waals surface area contributed by atoms with Crippen LogP contribution in [0.5, 0.6) is 5.75 Å². The third-order valence-electron chi connectivity index (χ3n) is 9.43. The first kappa shape index (κ1) is 44.9. The third-order valence-corrected chi connectivity index (χ3v) is 9.43. The summed E-state index contributed by atoms with van der Waals surface area (Å²) in [4.78, 5) is 27.7. The molecule has 4 N–H and O–H groups in total. The maximum Gasteiger partial charge on any atom is 0.260 e. The molecule has 0 fully saturated rings. The average molecular weight is 721 g/mol. The summed E-state index contributed by atoms with van der Waals surface area (Å²) < 4.78 is 5.94. The predicted octanol–water partition coefficient (Wildman–Crippen LogP) is 10.4. The fourth-order valence-electron chi connectivity index (χ4n) is 6.18. The van der Waals surface area contributed by atoms with Crippen LogP contribution in [0.4, 0.5) is 11.4 Å². The number of azo groups is 1. The normalized spacial score (nSPS) is 11.3. The number of nitrogens with one attached hydrogen (secondary N) is 2. The number of rotatable bonds is 33. The number of benzene rings is 2. The van der Waals surface area contributed by atoms with Gasteiger partial charge in [-0.25, -0.2) is 0 Å². The van der Waals surface area contributed by atoms with Crippen molar-refractivity contribution in [2.75, 3.05) is 45.9 Å². The molecule has 2 amide bonds. The Labute approximate surface area is 316 Å². The van der Waals surface area contributed by atoms with Crippen LogP contribution in [0.2, 0.25) is 0 Å². The Morgan fingerprint density at radius 1 is 0.596 bits per heavy atom. The number of amides is 2. The van der Waals surface area contributed by atoms with Crippen LogP contribution in [0, 0.1) is 0 Å². The number of carbonyl (C=O) groups is 2. The lowest BCUT2D eigenvalue weighted by atomic mass is 10.1. The zero-order valence-electron chi connectivity index (χ0n) is 32.9. The van der Waals surface area contributed by atoms with Crippen LogP contribution in [0.3, 0.4) is 0 Å². The van der Waals surface area contributed by atoms with Crippen LogP contribution < -0.4 is 21.1 Å². The topological polar surface area (TPSA) is 121 Å². The molecule has 2 aromatic rings. The Morgan fingerprint density at radius 3 is 1.50 bits per heavy atom. The molecule has 0 atom stereocenters. The largest absolute Gasteiger partial charge is 0.484 e. The quantitative estimate of drug-likeness (QED) is 0.0501. The second-order valence-electron chi connectivity index (χ2n) is 14.1. The van der Waals surface area contributed by atoms with Gasteiger partial charge in [0.15, 0.2) is 6.61 Å². The van der Waals surface area contributed by atoms with Crippen LogP contribution in [0.25, 0.3) is 0 Å². The highest BCUT2D eigenvalue weighted by Crippen LogP contribution is 2.22. The summed E-state index contributed by atoms with van der Waals surface area (Å²) in [5.74, 6) is 0.572. The highest BCUT2D eigenvalue weighted by molar-refractivity contribution is 5.94. The second kappa shape index (κ2) is 31.2. The summed E-state index contributed by atoms with van der Waals surface area (Å²) in [5.41, 5.74) is 7.35. The van der Waals surface area contributed by atoms with E-state index in [4.69, 9.17) is 10.5 Å². The van der Waals surface area contributed by atoms with Gasteiger partial charge in [-0.3, -0.25) is 9.59 Å². The van der Waals surface area contributed by atoms with Crippen LogP contribution in [0.15, 0.2) is 58.8 Å². The van der Waals surface area contributed by atoms with Gasteiger partial charge in [0.25, 0.3) is 11.8 Å². The first-order valence-corrected chi connectivity index (χ1v) is 20.8. The van der Waals surface area contributed by atoms with Crippen molar-refractivity contribution in [1.29, 1.82) is 0 Å². The number of nitrogens with two attached hydrogens (primary N) is 1. The van der Waals surface area contributed by atoms with Gasteiger partial charge in [0.2, 0.25) is 0 Å². The fraction of sp³-hybridized carbons (Fsp3) is 0.674. The van der Waals surface area contributed by atoms with E-state index in [1.807, 2.05) is 29.2 Å². The Kier molecular flexibility index (Phi) is 27.0. The van der Waals surface area contributed by atoms with Gasteiger partial charge in [0.1, 0.15) is 5.75 Å². The smallest absolute Gasteiger partial charge is 0.260 e. The average Bonchev–Trinajstić information content (AvgIpc) is 3.17. The molecule has 2 rings (SSSR count). The van der Waals surface area contributed by atoms with Crippen molar-refractivity contribution >= 4 is 23.2 Å². The molecule has 0 unspecified atom stereocenters. The lowest BCUT2D eigenvalue weighted by molar-refractivity contribution is -0.133. The maximum atomic E-state index is 13.3. The van der Waals surface area contributed by atoms with Crippen molar-refractivity contribution in [3.63, 3.8) is 0 Å². The third kappa shape index (κ3) is 22.6. The molecule has 0 aromatic heterocycles. The van der Waals surface area contributed by atoms with Crippen molar-refractivity contribution in [2.24, 2.45) is 16.0 Å². The van der Waals surface area contributed by atoms with Crippen molar-refractivity contribution in [2.45, 2.75) is 142 Å². The first-order valence-electron chi connectivity index (χ1n) is 20.8. The van der Waals surface area contributed by atoms with E-state index in [0.717, 1.165) is 32.5 Å². The van der Waals surface area contributed by atoms with E-state index in [1.54, 1.807) is 24.3 Å². The van der Waals surface area contributed by atoms with Crippen LogP contribution in [-0.4, -0.2) is 62.6 Å². The number of carbonyl (C=O) groups excluding carboxylic acids is 2. The van der Waals surface area contributed by atoms with E-state index < -0.39 is 0 Å². The molecule has 0 saturated heterocycles. The molecule has 0 saturated carbocycles. The standard InChI is InChI=1S/C43H72N6O3/c1-3-5-7-9-11-13-15-17-19-21-35-49(36-22-20-18-16-14-12-10-8-6-4-2)42(50)37-52-41-29-27-40(28-30-41)48-47-39-25-23-38(24-26-39)43(51)46-34-33-45-32-31-44/h23-30,45H,3-22,31-37,44H2,1-2H3,(H,46,51). The molecule has 0 radical (unpaired) electrons. The van der Waals surface area contributed by atoms with Crippen molar-refractivity contribution in [1.82, 2.24) is 15.5 Å². The molecule has 0 aliphatic carbocycles. The summed E-state index contributed by atoms with van der Waals surface area (Å²) in [6.07, 6.45) is 25.8. The second-order valence-corrected chi connectivity index (χ2v) is 14.1. The minimum atomic E-state index is -0.132. The molecule has 0 bridgehead atoms. The van der Waals surface area contributed by atoms with Gasteiger partial charge in [-0.15, -0.1) is 0 Å². The van der Waals surface area contributed by atoms with Crippen molar-refractivity contribution in [3.8, 4) is 5.75 Å². The molecule has 2 aromatic carbocycles. The maximum absolute atomic E-state index is 13.3. The Balaban J connectivity index is 1.77. The minimum absolute atomic E-state index is 0.0422. The summed E-state index contributed by atoms with van der Waals surface area (Å²) in [6, 6.07) is 14.3. The van der Waals surface area contributed by atoms with Crippen LogP contribution >= 0.6 is 0 Å². The summed E-state index contributed by atoms with van der Waals surface area (Å²) in [7, 11) is 0. The Morgan fingerprint density at radius 2 is 1.04 bits per heavy atom. The van der Waals surface area contributed by atoms with Gasteiger partial charge in [0.05, 0.1) is 11.4 Å². The number of unbranched alkanes of at least 4 members (excludes halogenated alkanes) is 18. The molecule has 9 nitrogen and oxygen atoms in total. The molecule has 0 heterocycles. The fourth-order valence-corrected chi connectivity index (χ4v) is 6.18. The number of hydrogen-bond acceptors (Lipinski definition) is 7. The van der Waals surface area contributed by atoms with Gasteiger partial charge in [-0.1, -0.05) is 129 Å². The SMILES string of the molecule is CCCCCCCCCCCCN(CCCCCCCCCCCC)C(=O)COc1ccc(N=Nc2ccc(C(=O)NCCNCCN)cc2)cc1. The monoisotopic (exact) mass is 721 g/mol. The Hall–Kier alpha value is -3.30. The van der Waals surface area contributed by atoms with Gasteiger partial charge in [-0.05, 0) is 61.4 Å². The van der Waals surface area contributed by atoms with Gasteiger partial charge in [0, 0.05) is 44.8 Å². The minimum Gasteiger partial charge on any atom is -0.484 e. The predicted molar refractivity (Wildman–Crippen MR) is 217 cm³/mol. The van der Waals surface area contributed by atoms with Crippen LogP contribution in [0.1, 0.15) is 153 Å². The van der Waals surface area contributed by atoms with E-state index in [9.17, 15) is 9.59 Å². The highest BCUT2D eigenvalue weighted by atomic mass is 16.5. The number of nitrogens with zero attached hydrogens (tertiary/aromatic N) is 3. The first-order chi connectivity index (χ1) is 25.6. The molecule has 52 heavy (non-hydrogen) atoms. The van der Waals surface area contributed by atoms with E-state index in [0.29, 0.717) is 42.3 Å². The lowest BCUT2D eigenvalue weighted by Crippen LogP contribution is -2.36. The molecule has 0 aliphatic heterocycles. The Bertz CT molecular complexity index is 1160. The molecule has 0 aliphatic rings. The summed E-state index contributed by atoms with van der Waals surface area (Å²) in [5, 5.41) is 14.7. The zero-order valence-corrected chi connectivity index (χ0v) is 32.9. The van der Waals surface area contributed by atoms with Crippen molar-refractivity contribution in [3.05, 3.63) is 54.1 Å². The highest BCUT2D eigenvalue weighted by Gasteiger charge is 2.14. The van der Waals surface area contributed by atoms with Gasteiger partial charge >= 0.3 is 0 Å². The molecule has 9 heteroatoms. The molecular weight excluding hydrogens is 649 g/mol. The lowest BCUT2D eigenvalue weighted by Gasteiger charge is -2.23. The molecule has 292 valence electrons. The molecule has 0 spiro atoms. The van der Waals surface area contributed by atoms with E-state index in [-0.39, 0.29) is 18.4 Å². The van der Waals surface area contributed by atoms with Crippen molar-refractivity contribution < 1.29 is 14.3 Å². The van der Waals surface area contributed by atoms with E-state index in [2.05, 4.69) is 34.7 Å². The summed E-state index contributed by atoms with van der Waals surface area (Å²) in [6.45, 7) is 8.70. The number of hydrogen-bond donors (Lipinski definition) is 3. The number of ether oxygens (including phenoxy) is 1. The van der Waals surface area contributed by atoms with Gasteiger partial charge < -0.3 is 26.0 Å². The van der Waals surface area contributed by atoms with Gasteiger partial charge in [-0.2, -0.15) is 10.2 Å². The summed E-state index contributed by atoms with van der Waals surface area (Å²) >= 11 is 0. The zero-order chi connectivity index (χ0) is 37.3. The van der Waals surface area contributed by atoms with E-state index >= 15 is 0 Å². The van der Waals surface area contributed by atoms with E-state index in [1.165, 1.54) is 116 Å². The molecular formula is C43H72N6O3. The van der Waals surface area contributed by atoms with Crippen LogP contribution in [-0.2, 0) is 4.79 Å².